The third-order valence-electron chi connectivity index (χ3n) is 5.84. The van der Waals surface area contributed by atoms with Gasteiger partial charge in [-0.05, 0) is 56.0 Å². The Morgan fingerprint density at radius 3 is 2.70 bits per heavy atom. The van der Waals surface area contributed by atoms with Gasteiger partial charge in [-0.1, -0.05) is 18.2 Å². The van der Waals surface area contributed by atoms with Crippen LogP contribution >= 0.6 is 11.3 Å². The van der Waals surface area contributed by atoms with E-state index in [1.165, 1.54) is 4.31 Å². The lowest BCUT2D eigenvalue weighted by Crippen LogP contribution is -2.38. The Kier molecular flexibility index (Phi) is 4.99. The van der Waals surface area contributed by atoms with Gasteiger partial charge in [0.25, 0.3) is 5.91 Å². The third kappa shape index (κ3) is 3.48. The minimum atomic E-state index is -3.28. The standard InChI is InChI=1S/C22H23N3O3S2/c26-22(16-7-5-8-17(15-16)25-13-6-14-30(25,27)28)24-12-4-3-10-19(24)21-23-18-9-1-2-11-20(18)29-21/h1-2,5,7-9,11,15,19H,3-4,6,10,12-14H2. The second-order valence-electron chi connectivity index (χ2n) is 7.82. The molecule has 156 valence electrons. The number of hydrogen-bond acceptors (Lipinski definition) is 5. The van der Waals surface area contributed by atoms with Crippen molar-refractivity contribution in [1.82, 2.24) is 9.88 Å². The summed E-state index contributed by atoms with van der Waals surface area (Å²) < 4.78 is 27.1. The van der Waals surface area contributed by atoms with Crippen LogP contribution in [0, 0.1) is 0 Å². The van der Waals surface area contributed by atoms with E-state index in [1.807, 2.05) is 23.1 Å². The summed E-state index contributed by atoms with van der Waals surface area (Å²) in [5.74, 6) is 0.106. The van der Waals surface area contributed by atoms with Crippen molar-refractivity contribution in [1.29, 1.82) is 0 Å². The van der Waals surface area contributed by atoms with Crippen LogP contribution in [-0.4, -0.2) is 43.1 Å². The molecule has 1 unspecified atom stereocenters. The van der Waals surface area contributed by atoms with E-state index in [0.29, 0.717) is 30.8 Å². The molecule has 3 aromatic rings. The lowest BCUT2D eigenvalue weighted by atomic mass is 10.0. The summed E-state index contributed by atoms with van der Waals surface area (Å²) in [4.78, 5) is 20.2. The van der Waals surface area contributed by atoms with Gasteiger partial charge < -0.3 is 4.90 Å². The quantitative estimate of drug-likeness (QED) is 0.611. The Bertz CT molecular complexity index is 1170. The number of benzene rings is 2. The Balaban J connectivity index is 1.46. The van der Waals surface area contributed by atoms with E-state index in [9.17, 15) is 13.2 Å². The van der Waals surface area contributed by atoms with Gasteiger partial charge >= 0.3 is 0 Å². The van der Waals surface area contributed by atoms with E-state index >= 15 is 0 Å². The van der Waals surface area contributed by atoms with E-state index in [4.69, 9.17) is 4.98 Å². The fourth-order valence-electron chi connectivity index (χ4n) is 4.35. The Morgan fingerprint density at radius 2 is 1.90 bits per heavy atom. The minimum absolute atomic E-state index is 0.0391. The number of aromatic nitrogens is 1. The van der Waals surface area contributed by atoms with Gasteiger partial charge in [0, 0.05) is 18.7 Å². The molecule has 3 heterocycles. The van der Waals surface area contributed by atoms with Crippen LogP contribution in [0.2, 0.25) is 0 Å². The summed E-state index contributed by atoms with van der Waals surface area (Å²) in [6.07, 6.45) is 3.54. The topological polar surface area (TPSA) is 70.6 Å². The highest BCUT2D eigenvalue weighted by atomic mass is 32.2. The minimum Gasteiger partial charge on any atom is -0.329 e. The van der Waals surface area contributed by atoms with Gasteiger partial charge in [-0.15, -0.1) is 11.3 Å². The highest BCUT2D eigenvalue weighted by molar-refractivity contribution is 7.93. The van der Waals surface area contributed by atoms with E-state index in [0.717, 1.165) is 34.5 Å². The number of thiazole rings is 1. The molecule has 8 heteroatoms. The first-order chi connectivity index (χ1) is 14.5. The molecule has 30 heavy (non-hydrogen) atoms. The number of piperidine rings is 1. The van der Waals surface area contributed by atoms with Gasteiger partial charge in [0.15, 0.2) is 0 Å². The van der Waals surface area contributed by atoms with Crippen LogP contribution in [0.5, 0.6) is 0 Å². The summed E-state index contributed by atoms with van der Waals surface area (Å²) in [7, 11) is -3.28. The normalized spacial score (nSPS) is 21.3. The zero-order chi connectivity index (χ0) is 20.7. The van der Waals surface area contributed by atoms with Crippen LogP contribution < -0.4 is 4.31 Å². The molecule has 2 aliphatic heterocycles. The number of anilines is 1. The number of nitrogens with zero attached hydrogens (tertiary/aromatic N) is 3. The zero-order valence-electron chi connectivity index (χ0n) is 16.5. The van der Waals surface area contributed by atoms with Crippen LogP contribution in [-0.2, 0) is 10.0 Å². The molecule has 2 fully saturated rings. The largest absolute Gasteiger partial charge is 0.329 e. The van der Waals surface area contributed by atoms with Gasteiger partial charge in [-0.2, -0.15) is 0 Å². The number of para-hydroxylation sites is 1. The van der Waals surface area contributed by atoms with E-state index in [1.54, 1.807) is 35.6 Å². The van der Waals surface area contributed by atoms with Gasteiger partial charge in [-0.3, -0.25) is 9.10 Å². The van der Waals surface area contributed by atoms with Crippen molar-refractivity contribution >= 4 is 43.2 Å². The van der Waals surface area contributed by atoms with Crippen molar-refractivity contribution in [2.45, 2.75) is 31.7 Å². The summed E-state index contributed by atoms with van der Waals surface area (Å²) in [5.41, 5.74) is 2.08. The fourth-order valence-corrected chi connectivity index (χ4v) is 7.02. The number of carbonyl (C=O) groups is 1. The molecule has 2 aromatic carbocycles. The van der Waals surface area contributed by atoms with Crippen molar-refractivity contribution < 1.29 is 13.2 Å². The first-order valence-electron chi connectivity index (χ1n) is 10.3. The maximum atomic E-state index is 13.5. The summed E-state index contributed by atoms with van der Waals surface area (Å²) in [6.45, 7) is 1.16. The summed E-state index contributed by atoms with van der Waals surface area (Å²) >= 11 is 1.65. The number of amides is 1. The van der Waals surface area contributed by atoms with E-state index < -0.39 is 10.0 Å². The number of rotatable bonds is 3. The molecule has 5 rings (SSSR count). The molecule has 2 saturated heterocycles. The van der Waals surface area contributed by atoms with E-state index in [2.05, 4.69) is 6.07 Å². The molecule has 1 aromatic heterocycles. The molecule has 0 saturated carbocycles. The lowest BCUT2D eigenvalue weighted by molar-refractivity contribution is 0.0611. The van der Waals surface area contributed by atoms with Crippen molar-refractivity contribution in [2.24, 2.45) is 0 Å². The van der Waals surface area contributed by atoms with Crippen LogP contribution in [0.3, 0.4) is 0 Å². The van der Waals surface area contributed by atoms with Crippen LogP contribution in [0.1, 0.15) is 47.1 Å². The molecule has 0 radical (unpaired) electrons. The fraction of sp³-hybridized carbons (Fsp3) is 0.364. The number of likely N-dealkylation sites (tertiary alicyclic amines) is 1. The maximum Gasteiger partial charge on any atom is 0.254 e. The van der Waals surface area contributed by atoms with Crippen molar-refractivity contribution in [3.05, 3.63) is 59.1 Å². The van der Waals surface area contributed by atoms with Crippen LogP contribution in [0.4, 0.5) is 5.69 Å². The monoisotopic (exact) mass is 441 g/mol. The molecule has 1 amide bonds. The van der Waals surface area contributed by atoms with Gasteiger partial charge in [0.2, 0.25) is 10.0 Å². The van der Waals surface area contributed by atoms with Gasteiger partial charge in [-0.25, -0.2) is 13.4 Å². The van der Waals surface area contributed by atoms with E-state index in [-0.39, 0.29) is 17.7 Å². The predicted octanol–water partition coefficient (Wildman–Crippen LogP) is 4.20. The Morgan fingerprint density at radius 1 is 1.03 bits per heavy atom. The van der Waals surface area contributed by atoms with Crippen LogP contribution in [0.25, 0.3) is 10.2 Å². The number of hydrogen-bond donors (Lipinski definition) is 0. The average molecular weight is 442 g/mol. The predicted molar refractivity (Wildman–Crippen MR) is 119 cm³/mol. The highest BCUT2D eigenvalue weighted by Crippen LogP contribution is 2.37. The Labute approximate surface area is 180 Å². The molecular formula is C22H23N3O3S2. The molecule has 6 nitrogen and oxygen atoms in total. The molecule has 0 N–H and O–H groups in total. The van der Waals surface area contributed by atoms with Crippen molar-refractivity contribution in [3.63, 3.8) is 0 Å². The molecule has 0 spiro atoms. The van der Waals surface area contributed by atoms with Crippen molar-refractivity contribution in [2.75, 3.05) is 23.1 Å². The van der Waals surface area contributed by atoms with Crippen molar-refractivity contribution in [3.8, 4) is 0 Å². The smallest absolute Gasteiger partial charge is 0.254 e. The number of sulfonamides is 1. The second-order valence-corrected chi connectivity index (χ2v) is 10.9. The zero-order valence-corrected chi connectivity index (χ0v) is 18.2. The third-order valence-corrected chi connectivity index (χ3v) is 8.85. The molecule has 1 atom stereocenters. The first kappa shape index (κ1) is 19.5. The first-order valence-corrected chi connectivity index (χ1v) is 12.7. The second kappa shape index (κ2) is 7.67. The molecular weight excluding hydrogens is 418 g/mol. The SMILES string of the molecule is O=C(c1cccc(N2CCCS2(=O)=O)c1)N1CCCCC1c1nc2ccccc2s1. The average Bonchev–Trinajstić information content (AvgIpc) is 3.36. The lowest BCUT2D eigenvalue weighted by Gasteiger charge is -2.34. The van der Waals surface area contributed by atoms with Gasteiger partial charge in [0.1, 0.15) is 5.01 Å². The summed E-state index contributed by atoms with van der Waals surface area (Å²) in [6, 6.07) is 15.0. The molecule has 2 aliphatic rings. The maximum absolute atomic E-state index is 13.5. The highest BCUT2D eigenvalue weighted by Gasteiger charge is 2.32. The van der Waals surface area contributed by atoms with Crippen LogP contribution in [0.15, 0.2) is 48.5 Å². The van der Waals surface area contributed by atoms with Gasteiger partial charge in [0.05, 0.1) is 27.7 Å². The summed E-state index contributed by atoms with van der Waals surface area (Å²) in [5, 5.41) is 0.975. The number of carbonyl (C=O) groups excluding carboxylic acids is 1. The Hall–Kier alpha value is -2.45. The number of fused-ring (bicyclic) bond motifs is 1. The molecule has 0 aliphatic carbocycles. The molecule has 0 bridgehead atoms.